The number of aromatic nitrogens is 4. The fourth-order valence-corrected chi connectivity index (χ4v) is 2.36. The van der Waals surface area contributed by atoms with Gasteiger partial charge in [-0.2, -0.15) is 5.10 Å². The molecule has 2 heterocycles. The van der Waals surface area contributed by atoms with Crippen LogP contribution in [0.3, 0.4) is 0 Å². The Morgan fingerprint density at radius 1 is 1.35 bits per heavy atom. The van der Waals surface area contributed by atoms with Gasteiger partial charge in [0.2, 0.25) is 11.7 Å². The second kappa shape index (κ2) is 6.44. The van der Waals surface area contributed by atoms with Gasteiger partial charge >= 0.3 is 5.97 Å². The molecule has 0 radical (unpaired) electrons. The Balaban J connectivity index is 1.83. The van der Waals surface area contributed by atoms with Crippen LogP contribution in [0.15, 0.2) is 36.8 Å². The molecule has 118 valence electrons. The summed E-state index contributed by atoms with van der Waals surface area (Å²) in [5.41, 5.74) is 1.63. The second-order valence-corrected chi connectivity index (χ2v) is 5.68. The van der Waals surface area contributed by atoms with Gasteiger partial charge in [-0.1, -0.05) is 29.3 Å². The van der Waals surface area contributed by atoms with E-state index in [1.807, 2.05) is 13.0 Å². The van der Waals surface area contributed by atoms with E-state index in [1.54, 1.807) is 29.2 Å². The molecule has 0 fully saturated rings. The van der Waals surface area contributed by atoms with Gasteiger partial charge in [0.05, 0.1) is 22.8 Å². The molecule has 0 aliphatic rings. The third kappa shape index (κ3) is 3.38. The third-order valence-corrected chi connectivity index (χ3v) is 3.90. The molecule has 2 aromatic heterocycles. The van der Waals surface area contributed by atoms with E-state index in [0.717, 1.165) is 11.1 Å². The lowest BCUT2D eigenvalue weighted by molar-refractivity contribution is 0.0706. The standard InChI is InChI=1S/C15H12Cl2N4O2/c1-9-7-20-21(8-10-2-3-11(16)12(17)6-10)14(9)23-15(22)13-18-4-5-19-13/h2-7H,8H2,1H3,(H,18,19). The van der Waals surface area contributed by atoms with Crippen LogP contribution in [0, 0.1) is 6.92 Å². The number of hydrogen-bond donors (Lipinski definition) is 1. The van der Waals surface area contributed by atoms with Gasteiger partial charge in [0.15, 0.2) is 0 Å². The lowest BCUT2D eigenvalue weighted by Gasteiger charge is -2.09. The fourth-order valence-electron chi connectivity index (χ4n) is 2.04. The molecule has 3 rings (SSSR count). The van der Waals surface area contributed by atoms with Gasteiger partial charge in [-0.05, 0) is 24.6 Å². The van der Waals surface area contributed by atoms with Crippen molar-refractivity contribution in [3.63, 3.8) is 0 Å². The van der Waals surface area contributed by atoms with Gasteiger partial charge in [-0.15, -0.1) is 0 Å². The molecular weight excluding hydrogens is 339 g/mol. The molecule has 1 N–H and O–H groups in total. The zero-order chi connectivity index (χ0) is 16.4. The number of carbonyl (C=O) groups is 1. The quantitative estimate of drug-likeness (QED) is 0.731. The zero-order valence-electron chi connectivity index (χ0n) is 12.1. The van der Waals surface area contributed by atoms with Crippen LogP contribution in [-0.4, -0.2) is 25.7 Å². The summed E-state index contributed by atoms with van der Waals surface area (Å²) >= 11 is 11.9. The Hall–Kier alpha value is -2.31. The Morgan fingerprint density at radius 3 is 2.87 bits per heavy atom. The zero-order valence-corrected chi connectivity index (χ0v) is 13.6. The average Bonchev–Trinajstić information content (AvgIpc) is 3.16. The SMILES string of the molecule is Cc1cnn(Cc2ccc(Cl)c(Cl)c2)c1OC(=O)c1ncc[nH]1. The molecule has 23 heavy (non-hydrogen) atoms. The predicted molar refractivity (Wildman–Crippen MR) is 86.1 cm³/mol. The summed E-state index contributed by atoms with van der Waals surface area (Å²) in [5.74, 6) is -0.0850. The van der Waals surface area contributed by atoms with Crippen LogP contribution in [0.1, 0.15) is 21.7 Å². The maximum absolute atomic E-state index is 12.0. The van der Waals surface area contributed by atoms with E-state index in [2.05, 4.69) is 15.1 Å². The maximum atomic E-state index is 12.0. The second-order valence-electron chi connectivity index (χ2n) is 4.87. The highest BCUT2D eigenvalue weighted by molar-refractivity contribution is 6.42. The normalized spacial score (nSPS) is 10.7. The molecule has 0 aliphatic heterocycles. The number of H-pyrrole nitrogens is 1. The largest absolute Gasteiger partial charge is 0.402 e. The van der Waals surface area contributed by atoms with Crippen molar-refractivity contribution < 1.29 is 9.53 Å². The summed E-state index contributed by atoms with van der Waals surface area (Å²) in [6.07, 6.45) is 4.66. The molecule has 0 saturated carbocycles. The summed E-state index contributed by atoms with van der Waals surface area (Å²) < 4.78 is 6.97. The van der Waals surface area contributed by atoms with E-state index >= 15 is 0 Å². The molecule has 0 amide bonds. The molecule has 8 heteroatoms. The molecule has 1 aromatic carbocycles. The molecule has 0 spiro atoms. The third-order valence-electron chi connectivity index (χ3n) is 3.16. The highest BCUT2D eigenvalue weighted by Crippen LogP contribution is 2.25. The Morgan fingerprint density at radius 2 is 2.17 bits per heavy atom. The summed E-state index contributed by atoms with van der Waals surface area (Å²) in [6.45, 7) is 2.20. The van der Waals surface area contributed by atoms with E-state index in [4.69, 9.17) is 27.9 Å². The van der Waals surface area contributed by atoms with Crippen LogP contribution in [0.2, 0.25) is 10.0 Å². The topological polar surface area (TPSA) is 72.8 Å². The number of imidazole rings is 1. The number of aryl methyl sites for hydroxylation is 1. The van der Waals surface area contributed by atoms with Gasteiger partial charge in [-0.25, -0.2) is 14.5 Å². The van der Waals surface area contributed by atoms with Crippen LogP contribution >= 0.6 is 23.2 Å². The molecule has 3 aromatic rings. The highest BCUT2D eigenvalue weighted by Gasteiger charge is 2.17. The van der Waals surface area contributed by atoms with Gasteiger partial charge < -0.3 is 9.72 Å². The van der Waals surface area contributed by atoms with Crippen LogP contribution in [-0.2, 0) is 6.54 Å². The van der Waals surface area contributed by atoms with E-state index in [1.165, 1.54) is 6.20 Å². The van der Waals surface area contributed by atoms with E-state index < -0.39 is 5.97 Å². The van der Waals surface area contributed by atoms with E-state index in [9.17, 15) is 4.79 Å². The van der Waals surface area contributed by atoms with Crippen LogP contribution in [0.4, 0.5) is 0 Å². The van der Waals surface area contributed by atoms with Gasteiger partial charge in [0.25, 0.3) is 0 Å². The smallest absolute Gasteiger partial charge is 0.381 e. The first-order chi connectivity index (χ1) is 11.0. The molecular formula is C15H12Cl2N4O2. The Bertz CT molecular complexity index is 843. The minimum absolute atomic E-state index is 0.131. The number of hydrogen-bond acceptors (Lipinski definition) is 4. The first kappa shape index (κ1) is 15.6. The van der Waals surface area contributed by atoms with Gasteiger partial charge in [0, 0.05) is 18.0 Å². The predicted octanol–water partition coefficient (Wildman–Crippen LogP) is 3.49. The molecule has 0 aliphatic carbocycles. The lowest BCUT2D eigenvalue weighted by Crippen LogP contribution is -2.15. The monoisotopic (exact) mass is 350 g/mol. The van der Waals surface area contributed by atoms with Crippen molar-refractivity contribution in [3.05, 3.63) is 63.8 Å². The average molecular weight is 351 g/mol. The van der Waals surface area contributed by atoms with Crippen molar-refractivity contribution in [1.82, 2.24) is 19.7 Å². The number of rotatable bonds is 4. The molecule has 0 bridgehead atoms. The summed E-state index contributed by atoms with van der Waals surface area (Å²) in [4.78, 5) is 18.6. The van der Waals surface area contributed by atoms with Crippen LogP contribution in [0.5, 0.6) is 5.88 Å². The Labute approximate surface area is 142 Å². The van der Waals surface area contributed by atoms with Crippen molar-refractivity contribution in [2.75, 3.05) is 0 Å². The van der Waals surface area contributed by atoms with E-state index in [0.29, 0.717) is 22.5 Å². The number of carbonyl (C=O) groups excluding carboxylic acids is 1. The summed E-state index contributed by atoms with van der Waals surface area (Å²) in [7, 11) is 0. The molecule has 0 unspecified atom stereocenters. The van der Waals surface area contributed by atoms with Gasteiger partial charge in [-0.3, -0.25) is 0 Å². The highest BCUT2D eigenvalue weighted by atomic mass is 35.5. The summed E-state index contributed by atoms with van der Waals surface area (Å²) in [6, 6.07) is 5.30. The number of nitrogens with zero attached hydrogens (tertiary/aromatic N) is 3. The van der Waals surface area contributed by atoms with Crippen molar-refractivity contribution in [2.24, 2.45) is 0 Å². The number of nitrogens with one attached hydrogen (secondary N) is 1. The number of aromatic amines is 1. The molecule has 0 atom stereocenters. The first-order valence-electron chi connectivity index (χ1n) is 6.72. The number of ether oxygens (including phenoxy) is 1. The molecule has 6 nitrogen and oxygen atoms in total. The maximum Gasteiger partial charge on any atom is 0.381 e. The Kier molecular flexibility index (Phi) is 4.36. The fraction of sp³-hybridized carbons (Fsp3) is 0.133. The van der Waals surface area contributed by atoms with Crippen molar-refractivity contribution >= 4 is 29.2 Å². The number of halogens is 2. The minimum Gasteiger partial charge on any atom is -0.402 e. The van der Waals surface area contributed by atoms with Crippen LogP contribution < -0.4 is 4.74 Å². The van der Waals surface area contributed by atoms with Crippen molar-refractivity contribution in [2.45, 2.75) is 13.5 Å². The van der Waals surface area contributed by atoms with Crippen molar-refractivity contribution in [3.8, 4) is 5.88 Å². The number of benzene rings is 1. The number of esters is 1. The van der Waals surface area contributed by atoms with E-state index in [-0.39, 0.29) is 5.82 Å². The summed E-state index contributed by atoms with van der Waals surface area (Å²) in [5, 5.41) is 5.17. The first-order valence-corrected chi connectivity index (χ1v) is 7.48. The molecule has 0 saturated heterocycles. The van der Waals surface area contributed by atoms with Crippen molar-refractivity contribution in [1.29, 1.82) is 0 Å². The lowest BCUT2D eigenvalue weighted by atomic mass is 10.2. The minimum atomic E-state index is -0.575. The van der Waals surface area contributed by atoms with Crippen LogP contribution in [0.25, 0.3) is 0 Å². The van der Waals surface area contributed by atoms with Gasteiger partial charge in [0.1, 0.15) is 0 Å².